The van der Waals surface area contributed by atoms with E-state index in [2.05, 4.69) is 59.6 Å². The number of halogens is 2. The third-order valence-electron chi connectivity index (χ3n) is 4.85. The normalized spacial score (nSPS) is 15.9. The second kappa shape index (κ2) is 8.97. The lowest BCUT2D eigenvalue weighted by Gasteiger charge is -2.20. The molecule has 1 fully saturated rings. The van der Waals surface area contributed by atoms with Crippen molar-refractivity contribution in [3.63, 3.8) is 0 Å². The Labute approximate surface area is 178 Å². The molecule has 27 heavy (non-hydrogen) atoms. The maximum absolute atomic E-state index is 6.05. The number of epoxide rings is 1. The van der Waals surface area contributed by atoms with Gasteiger partial charge in [-0.1, -0.05) is 13.8 Å². The predicted octanol–water partition coefficient (Wildman–Crippen LogP) is 6.38. The largest absolute Gasteiger partial charge is 0.491 e. The van der Waals surface area contributed by atoms with Crippen LogP contribution < -0.4 is 9.47 Å². The molecule has 1 aliphatic heterocycles. The lowest BCUT2D eigenvalue weighted by molar-refractivity contribution is 0.262. The van der Waals surface area contributed by atoms with Gasteiger partial charge >= 0.3 is 0 Å². The molecule has 0 N–H and O–H groups in total. The van der Waals surface area contributed by atoms with E-state index in [0.717, 1.165) is 33.5 Å². The van der Waals surface area contributed by atoms with Gasteiger partial charge in [0, 0.05) is 14.5 Å². The summed E-state index contributed by atoms with van der Waals surface area (Å²) >= 11 is 7.56. The summed E-state index contributed by atoms with van der Waals surface area (Å²) in [6.45, 7) is 10.8. The summed E-state index contributed by atoms with van der Waals surface area (Å²) < 4.78 is 19.1. The fourth-order valence-electron chi connectivity index (χ4n) is 3.01. The van der Waals surface area contributed by atoms with Gasteiger partial charge in [-0.15, -0.1) is 0 Å². The highest BCUT2D eigenvalue weighted by atomic mass is 79.9. The van der Waals surface area contributed by atoms with E-state index in [9.17, 15) is 0 Å². The maximum atomic E-state index is 6.05. The van der Waals surface area contributed by atoms with Gasteiger partial charge in [-0.25, -0.2) is 0 Å². The zero-order chi connectivity index (χ0) is 19.6. The highest BCUT2D eigenvalue weighted by Crippen LogP contribution is 2.37. The van der Waals surface area contributed by atoms with Crippen LogP contribution in [-0.2, 0) is 17.8 Å². The van der Waals surface area contributed by atoms with E-state index in [4.69, 9.17) is 14.2 Å². The Bertz CT molecular complexity index is 767. The van der Waals surface area contributed by atoms with E-state index < -0.39 is 0 Å². The second-order valence-corrected chi connectivity index (χ2v) is 9.05. The van der Waals surface area contributed by atoms with Crippen molar-refractivity contribution in [1.82, 2.24) is 0 Å². The van der Waals surface area contributed by atoms with Crippen LogP contribution in [0.1, 0.15) is 36.1 Å². The summed E-state index contributed by atoms with van der Waals surface area (Å²) in [7, 11) is 0. The Kier molecular flexibility index (Phi) is 6.88. The molecular weight excluding hydrogens is 472 g/mol. The van der Waals surface area contributed by atoms with Crippen LogP contribution in [0.5, 0.6) is 11.5 Å². The van der Waals surface area contributed by atoms with E-state index >= 15 is 0 Å². The molecule has 0 amide bonds. The summed E-state index contributed by atoms with van der Waals surface area (Å²) in [5.74, 6) is 2.28. The van der Waals surface area contributed by atoms with Gasteiger partial charge in [0.25, 0.3) is 0 Å². The van der Waals surface area contributed by atoms with Crippen LogP contribution in [0.25, 0.3) is 0 Å². The minimum Gasteiger partial charge on any atom is -0.491 e. The number of benzene rings is 2. The molecule has 1 saturated heterocycles. The van der Waals surface area contributed by atoms with Crippen LogP contribution in [0.2, 0.25) is 0 Å². The Balaban J connectivity index is 1.69. The van der Waals surface area contributed by atoms with E-state index in [0.29, 0.717) is 19.1 Å². The van der Waals surface area contributed by atoms with E-state index in [1.165, 1.54) is 22.3 Å². The fourth-order valence-corrected chi connectivity index (χ4v) is 4.36. The van der Waals surface area contributed by atoms with Crippen molar-refractivity contribution in [2.75, 3.05) is 13.2 Å². The van der Waals surface area contributed by atoms with E-state index in [-0.39, 0.29) is 6.10 Å². The zero-order valence-electron chi connectivity index (χ0n) is 16.3. The van der Waals surface area contributed by atoms with Gasteiger partial charge in [-0.3, -0.25) is 0 Å². The number of ether oxygens (including phenoxy) is 3. The Morgan fingerprint density at radius 1 is 0.963 bits per heavy atom. The molecule has 0 saturated carbocycles. The average molecular weight is 498 g/mol. The van der Waals surface area contributed by atoms with Gasteiger partial charge in [-0.05, 0) is 99.0 Å². The molecule has 1 aliphatic rings. The highest BCUT2D eigenvalue weighted by molar-refractivity contribution is 9.13. The van der Waals surface area contributed by atoms with Gasteiger partial charge in [0.05, 0.1) is 6.61 Å². The summed E-state index contributed by atoms with van der Waals surface area (Å²) in [5, 5.41) is 0. The van der Waals surface area contributed by atoms with Gasteiger partial charge in [0.15, 0.2) is 0 Å². The summed E-state index contributed by atoms with van der Waals surface area (Å²) in [6.07, 6.45) is 1.32. The lowest BCUT2D eigenvalue weighted by Crippen LogP contribution is -2.07. The smallest absolute Gasteiger partial charge is 0.120 e. The first-order chi connectivity index (χ1) is 12.9. The van der Waals surface area contributed by atoms with Crippen molar-refractivity contribution in [3.05, 3.63) is 55.5 Å². The summed E-state index contributed by atoms with van der Waals surface area (Å²) in [6, 6.07) is 7.77. The van der Waals surface area contributed by atoms with Crippen molar-refractivity contribution in [2.45, 2.75) is 46.8 Å². The van der Waals surface area contributed by atoms with E-state index in [1.54, 1.807) is 0 Å². The molecule has 0 spiro atoms. The maximum Gasteiger partial charge on any atom is 0.120 e. The number of hydrogen-bond donors (Lipinski definition) is 0. The van der Waals surface area contributed by atoms with E-state index in [1.807, 2.05) is 24.3 Å². The van der Waals surface area contributed by atoms with Crippen LogP contribution in [0.15, 0.2) is 33.2 Å². The molecular formula is C22H26Br2O3. The lowest BCUT2D eigenvalue weighted by atomic mass is 9.93. The number of hydrogen-bond acceptors (Lipinski definition) is 3. The van der Waals surface area contributed by atoms with Crippen molar-refractivity contribution in [2.24, 2.45) is 5.92 Å². The van der Waals surface area contributed by atoms with Crippen molar-refractivity contribution in [1.29, 1.82) is 0 Å². The molecule has 1 unspecified atom stereocenters. The van der Waals surface area contributed by atoms with Crippen LogP contribution in [0.4, 0.5) is 0 Å². The van der Waals surface area contributed by atoms with Gasteiger partial charge in [0.2, 0.25) is 0 Å². The first-order valence-electron chi connectivity index (χ1n) is 9.30. The Morgan fingerprint density at radius 2 is 1.48 bits per heavy atom. The quantitative estimate of drug-likeness (QED) is 0.396. The molecule has 3 rings (SSSR count). The molecule has 1 atom stereocenters. The minimum atomic E-state index is 0.265. The predicted molar refractivity (Wildman–Crippen MR) is 116 cm³/mol. The molecule has 0 aromatic heterocycles. The molecule has 5 heteroatoms. The average Bonchev–Trinajstić information content (AvgIpc) is 3.47. The van der Waals surface area contributed by atoms with Gasteiger partial charge < -0.3 is 14.2 Å². The number of rotatable bonds is 8. The minimum absolute atomic E-state index is 0.265. The third-order valence-corrected chi connectivity index (χ3v) is 7.13. The van der Waals surface area contributed by atoms with Crippen molar-refractivity contribution >= 4 is 31.9 Å². The molecule has 0 bridgehead atoms. The van der Waals surface area contributed by atoms with Crippen LogP contribution in [0.3, 0.4) is 0 Å². The monoisotopic (exact) mass is 496 g/mol. The van der Waals surface area contributed by atoms with Crippen molar-refractivity contribution < 1.29 is 14.2 Å². The molecule has 2 aromatic rings. The van der Waals surface area contributed by atoms with Gasteiger partial charge in [0.1, 0.15) is 30.8 Å². The summed E-state index contributed by atoms with van der Waals surface area (Å²) in [4.78, 5) is 0. The third kappa shape index (κ3) is 5.27. The molecule has 1 heterocycles. The molecule has 3 nitrogen and oxygen atoms in total. The second-order valence-electron chi connectivity index (χ2n) is 7.46. The molecule has 2 aromatic carbocycles. The van der Waals surface area contributed by atoms with Crippen LogP contribution >= 0.6 is 31.9 Å². The Morgan fingerprint density at radius 3 is 2.04 bits per heavy atom. The molecule has 0 radical (unpaired) electrons. The Hall–Kier alpha value is -1.04. The first-order valence-corrected chi connectivity index (χ1v) is 10.9. The standard InChI is InChI=1S/C22H26Br2O3/c1-13(2)9-19-14(3)15(4)20(22(24)21(19)23)12-27-17-7-5-16(6-8-17)25-10-18-11-26-18/h5-8,13,18H,9-12H2,1-4H3. The fraction of sp³-hybridized carbons (Fsp3) is 0.455. The first kappa shape index (κ1) is 20.7. The van der Waals surface area contributed by atoms with Crippen LogP contribution in [0, 0.1) is 19.8 Å². The van der Waals surface area contributed by atoms with Crippen molar-refractivity contribution in [3.8, 4) is 11.5 Å². The SMILES string of the molecule is Cc1c(C)c(CC(C)C)c(Br)c(Br)c1COc1ccc(OCC2CO2)cc1. The topological polar surface area (TPSA) is 31.0 Å². The zero-order valence-corrected chi connectivity index (χ0v) is 19.4. The molecule has 146 valence electrons. The highest BCUT2D eigenvalue weighted by Gasteiger charge is 2.23. The van der Waals surface area contributed by atoms with Gasteiger partial charge in [-0.2, -0.15) is 0 Å². The molecule has 0 aliphatic carbocycles. The van der Waals surface area contributed by atoms with Crippen LogP contribution in [-0.4, -0.2) is 19.3 Å². The summed E-state index contributed by atoms with van der Waals surface area (Å²) in [5.41, 5.74) is 5.17.